The van der Waals surface area contributed by atoms with Crippen LogP contribution in [0.25, 0.3) is 0 Å². The second-order valence-electron chi connectivity index (χ2n) is 4.64. The fourth-order valence-corrected chi connectivity index (χ4v) is 2.52. The molecule has 1 fully saturated rings. The van der Waals surface area contributed by atoms with E-state index in [1.807, 2.05) is 18.2 Å². The number of ether oxygens (including phenoxy) is 2. The minimum atomic E-state index is 0.243. The molecule has 1 N–H and O–H groups in total. The highest BCUT2D eigenvalue weighted by Crippen LogP contribution is 2.29. The highest BCUT2D eigenvalue weighted by atomic mass is 16.5. The zero-order valence-electron chi connectivity index (χ0n) is 11.1. The van der Waals surface area contributed by atoms with E-state index >= 15 is 0 Å². The van der Waals surface area contributed by atoms with Gasteiger partial charge >= 0.3 is 0 Å². The van der Waals surface area contributed by atoms with E-state index in [4.69, 9.17) is 9.47 Å². The Kier molecular flexibility index (Phi) is 4.44. The summed E-state index contributed by atoms with van der Waals surface area (Å²) in [6.07, 6.45) is 2.25. The Balaban J connectivity index is 2.09. The first kappa shape index (κ1) is 13.2. The molecule has 2 rings (SSSR count). The first-order valence-corrected chi connectivity index (χ1v) is 6.34. The predicted molar refractivity (Wildman–Crippen MR) is 70.1 cm³/mol. The van der Waals surface area contributed by atoms with Gasteiger partial charge in [0.25, 0.3) is 0 Å². The maximum absolute atomic E-state index is 9.31. The number of rotatable bonds is 5. The summed E-state index contributed by atoms with van der Waals surface area (Å²) >= 11 is 0. The molecule has 1 aliphatic rings. The van der Waals surface area contributed by atoms with Crippen molar-refractivity contribution < 1.29 is 14.6 Å². The van der Waals surface area contributed by atoms with Crippen LogP contribution in [0.2, 0.25) is 0 Å². The SMILES string of the molecule is COc1ccc(CN2CCC[C@H]2CO)cc1OC. The lowest BCUT2D eigenvalue weighted by Crippen LogP contribution is -2.31. The minimum absolute atomic E-state index is 0.243. The van der Waals surface area contributed by atoms with E-state index in [9.17, 15) is 5.11 Å². The number of nitrogens with zero attached hydrogens (tertiary/aromatic N) is 1. The third-order valence-corrected chi connectivity index (χ3v) is 3.54. The van der Waals surface area contributed by atoms with Crippen LogP contribution in [-0.2, 0) is 6.54 Å². The lowest BCUT2D eigenvalue weighted by atomic mass is 10.1. The van der Waals surface area contributed by atoms with Crippen LogP contribution in [0.15, 0.2) is 18.2 Å². The summed E-state index contributed by atoms with van der Waals surface area (Å²) in [7, 11) is 3.29. The van der Waals surface area contributed by atoms with Gasteiger partial charge in [0.2, 0.25) is 0 Å². The molecule has 0 spiro atoms. The van der Waals surface area contributed by atoms with Crippen LogP contribution in [0.3, 0.4) is 0 Å². The van der Waals surface area contributed by atoms with Crippen molar-refractivity contribution in [1.82, 2.24) is 4.90 Å². The third kappa shape index (κ3) is 2.76. The van der Waals surface area contributed by atoms with Gasteiger partial charge in [-0.1, -0.05) is 6.07 Å². The molecule has 0 aromatic heterocycles. The Morgan fingerprint density at radius 1 is 1.28 bits per heavy atom. The summed E-state index contributed by atoms with van der Waals surface area (Å²) < 4.78 is 10.5. The third-order valence-electron chi connectivity index (χ3n) is 3.54. The number of likely N-dealkylation sites (tertiary alicyclic amines) is 1. The second kappa shape index (κ2) is 6.07. The number of methoxy groups -OCH3 is 2. The molecule has 0 unspecified atom stereocenters. The molecule has 18 heavy (non-hydrogen) atoms. The molecule has 0 radical (unpaired) electrons. The standard InChI is InChI=1S/C14H21NO3/c1-17-13-6-5-11(8-14(13)18-2)9-15-7-3-4-12(15)10-16/h5-6,8,12,16H,3-4,7,9-10H2,1-2H3/t12-/m0/s1. The Morgan fingerprint density at radius 2 is 2.06 bits per heavy atom. The summed E-state index contributed by atoms with van der Waals surface area (Å²) in [6.45, 7) is 2.15. The van der Waals surface area contributed by atoms with Crippen molar-refractivity contribution in [2.24, 2.45) is 0 Å². The van der Waals surface area contributed by atoms with Gasteiger partial charge in [-0.2, -0.15) is 0 Å². The molecule has 0 amide bonds. The maximum atomic E-state index is 9.31. The van der Waals surface area contributed by atoms with Crippen LogP contribution >= 0.6 is 0 Å². The van der Waals surface area contributed by atoms with E-state index in [0.29, 0.717) is 6.04 Å². The highest BCUT2D eigenvalue weighted by Gasteiger charge is 2.23. The molecule has 1 aromatic rings. The normalized spacial score (nSPS) is 20.1. The summed E-state index contributed by atoms with van der Waals surface area (Å²) in [5.41, 5.74) is 1.19. The van der Waals surface area contributed by atoms with Crippen LogP contribution in [0.5, 0.6) is 11.5 Å². The summed E-state index contributed by atoms with van der Waals surface area (Å²) in [5, 5.41) is 9.31. The quantitative estimate of drug-likeness (QED) is 0.864. The monoisotopic (exact) mass is 251 g/mol. The smallest absolute Gasteiger partial charge is 0.161 e. The van der Waals surface area contributed by atoms with Gasteiger partial charge in [0, 0.05) is 12.6 Å². The minimum Gasteiger partial charge on any atom is -0.493 e. The number of hydrogen-bond donors (Lipinski definition) is 1. The average Bonchev–Trinajstić information content (AvgIpc) is 2.85. The van der Waals surface area contributed by atoms with Gasteiger partial charge in [-0.3, -0.25) is 4.90 Å². The van der Waals surface area contributed by atoms with Gasteiger partial charge in [0.05, 0.1) is 20.8 Å². The van der Waals surface area contributed by atoms with Crippen molar-refractivity contribution in [1.29, 1.82) is 0 Å². The number of aliphatic hydroxyl groups is 1. The largest absolute Gasteiger partial charge is 0.493 e. The summed E-state index contributed by atoms with van der Waals surface area (Å²) in [4.78, 5) is 2.32. The molecule has 0 bridgehead atoms. The topological polar surface area (TPSA) is 41.9 Å². The van der Waals surface area contributed by atoms with E-state index in [1.54, 1.807) is 14.2 Å². The maximum Gasteiger partial charge on any atom is 0.161 e. The van der Waals surface area contributed by atoms with Crippen molar-refractivity contribution in [2.45, 2.75) is 25.4 Å². The van der Waals surface area contributed by atoms with Crippen molar-refractivity contribution in [3.8, 4) is 11.5 Å². The Bertz CT molecular complexity index is 395. The second-order valence-corrected chi connectivity index (χ2v) is 4.64. The van der Waals surface area contributed by atoms with Crippen LogP contribution in [0, 0.1) is 0 Å². The van der Waals surface area contributed by atoms with E-state index in [-0.39, 0.29) is 6.61 Å². The molecule has 1 aliphatic heterocycles. The van der Waals surface area contributed by atoms with E-state index in [1.165, 1.54) is 12.0 Å². The van der Waals surface area contributed by atoms with E-state index in [2.05, 4.69) is 4.90 Å². The van der Waals surface area contributed by atoms with Crippen LogP contribution in [0.4, 0.5) is 0 Å². The van der Waals surface area contributed by atoms with Crippen LogP contribution in [-0.4, -0.2) is 43.4 Å². The Morgan fingerprint density at radius 3 is 2.72 bits per heavy atom. The molecule has 1 saturated heterocycles. The van der Waals surface area contributed by atoms with Crippen LogP contribution < -0.4 is 9.47 Å². The molecule has 0 saturated carbocycles. The first-order chi connectivity index (χ1) is 8.78. The molecule has 0 aliphatic carbocycles. The average molecular weight is 251 g/mol. The molecule has 1 heterocycles. The van der Waals surface area contributed by atoms with Gasteiger partial charge < -0.3 is 14.6 Å². The number of hydrogen-bond acceptors (Lipinski definition) is 4. The zero-order valence-corrected chi connectivity index (χ0v) is 11.1. The van der Waals surface area contributed by atoms with Gasteiger partial charge in [-0.25, -0.2) is 0 Å². The van der Waals surface area contributed by atoms with E-state index < -0.39 is 0 Å². The number of benzene rings is 1. The van der Waals surface area contributed by atoms with Crippen molar-refractivity contribution in [3.63, 3.8) is 0 Å². The van der Waals surface area contributed by atoms with E-state index in [0.717, 1.165) is 31.0 Å². The first-order valence-electron chi connectivity index (χ1n) is 6.34. The molecule has 4 heteroatoms. The molecule has 4 nitrogen and oxygen atoms in total. The summed E-state index contributed by atoms with van der Waals surface area (Å²) in [6, 6.07) is 6.29. The zero-order chi connectivity index (χ0) is 13.0. The van der Waals surface area contributed by atoms with Crippen LogP contribution in [0.1, 0.15) is 18.4 Å². The fourth-order valence-electron chi connectivity index (χ4n) is 2.52. The Labute approximate surface area is 108 Å². The molecular weight excluding hydrogens is 230 g/mol. The van der Waals surface area contributed by atoms with Crippen molar-refractivity contribution >= 4 is 0 Å². The van der Waals surface area contributed by atoms with Gasteiger partial charge in [-0.05, 0) is 37.1 Å². The molecular formula is C14H21NO3. The van der Waals surface area contributed by atoms with Crippen molar-refractivity contribution in [2.75, 3.05) is 27.4 Å². The van der Waals surface area contributed by atoms with Gasteiger partial charge in [0.1, 0.15) is 0 Å². The summed E-state index contributed by atoms with van der Waals surface area (Å²) in [5.74, 6) is 1.51. The molecule has 1 aromatic carbocycles. The predicted octanol–water partition coefficient (Wildman–Crippen LogP) is 1.66. The van der Waals surface area contributed by atoms with Gasteiger partial charge in [-0.15, -0.1) is 0 Å². The van der Waals surface area contributed by atoms with Crippen molar-refractivity contribution in [3.05, 3.63) is 23.8 Å². The lowest BCUT2D eigenvalue weighted by Gasteiger charge is -2.23. The lowest BCUT2D eigenvalue weighted by molar-refractivity contribution is 0.153. The number of aliphatic hydroxyl groups excluding tert-OH is 1. The molecule has 100 valence electrons. The molecule has 1 atom stereocenters. The fraction of sp³-hybridized carbons (Fsp3) is 0.571. The highest BCUT2D eigenvalue weighted by molar-refractivity contribution is 5.42. The van der Waals surface area contributed by atoms with Gasteiger partial charge in [0.15, 0.2) is 11.5 Å². The Hall–Kier alpha value is -1.26.